The number of amides is 3. The molecule has 0 radical (unpaired) electrons. The van der Waals surface area contributed by atoms with E-state index in [2.05, 4.69) is 5.32 Å². The Kier molecular flexibility index (Phi) is 6.41. The molecule has 1 aromatic rings. The minimum atomic E-state index is -0.618. The molecule has 0 bridgehead atoms. The van der Waals surface area contributed by atoms with Crippen molar-refractivity contribution in [1.82, 2.24) is 15.1 Å². The third-order valence-corrected chi connectivity index (χ3v) is 5.08. The van der Waals surface area contributed by atoms with Gasteiger partial charge in [0.05, 0.1) is 24.4 Å². The fourth-order valence-electron chi connectivity index (χ4n) is 3.66. The zero-order chi connectivity index (χ0) is 21.0. The largest absolute Gasteiger partial charge is 0.497 e. The lowest BCUT2D eigenvalue weighted by Gasteiger charge is -2.34. The van der Waals surface area contributed by atoms with Gasteiger partial charge in [0, 0.05) is 13.1 Å². The summed E-state index contributed by atoms with van der Waals surface area (Å²) in [6, 6.07) is 6.10. The number of cyclic esters (lactones) is 1. The molecule has 1 atom stereocenters. The van der Waals surface area contributed by atoms with E-state index in [4.69, 9.17) is 9.47 Å². The monoisotopic (exact) mass is 401 g/mol. The molecule has 3 rings (SSSR count). The number of nitrogens with one attached hydrogen (secondary N) is 1. The number of esters is 1. The molecule has 0 spiro atoms. The van der Waals surface area contributed by atoms with Crippen molar-refractivity contribution in [3.8, 4) is 5.75 Å². The van der Waals surface area contributed by atoms with Gasteiger partial charge >= 0.3 is 12.0 Å². The molecule has 29 heavy (non-hydrogen) atoms. The Morgan fingerprint density at radius 1 is 1.21 bits per heavy atom. The van der Waals surface area contributed by atoms with Gasteiger partial charge in [-0.05, 0) is 30.5 Å². The van der Waals surface area contributed by atoms with Gasteiger partial charge in [-0.2, -0.15) is 0 Å². The van der Waals surface area contributed by atoms with Crippen molar-refractivity contribution >= 4 is 17.9 Å². The summed E-state index contributed by atoms with van der Waals surface area (Å²) in [5, 5.41) is 2.85. The van der Waals surface area contributed by atoms with E-state index >= 15 is 0 Å². The number of benzene rings is 1. The lowest BCUT2D eigenvalue weighted by Crippen LogP contribution is -2.51. The number of ether oxygens (including phenoxy) is 2. The zero-order valence-corrected chi connectivity index (χ0v) is 17.1. The zero-order valence-electron chi connectivity index (χ0n) is 17.1. The Labute approximate surface area is 170 Å². The number of methoxy groups -OCH3 is 1. The van der Waals surface area contributed by atoms with Crippen molar-refractivity contribution in [1.29, 1.82) is 0 Å². The number of carbonyl (C=O) groups is 3. The third kappa shape index (κ3) is 4.21. The fourth-order valence-corrected chi connectivity index (χ4v) is 3.66. The Bertz CT molecular complexity index is 812. The van der Waals surface area contributed by atoms with Gasteiger partial charge in [-0.25, -0.2) is 9.59 Å². The van der Waals surface area contributed by atoms with Gasteiger partial charge in [0.2, 0.25) is 5.91 Å². The van der Waals surface area contributed by atoms with Crippen LogP contribution < -0.4 is 10.1 Å². The molecule has 156 valence electrons. The number of nitrogens with zero attached hydrogens (tertiary/aromatic N) is 2. The number of hydrogen-bond donors (Lipinski definition) is 1. The first-order valence-electron chi connectivity index (χ1n) is 9.90. The molecule has 8 heteroatoms. The van der Waals surface area contributed by atoms with Crippen molar-refractivity contribution in [2.24, 2.45) is 0 Å². The minimum Gasteiger partial charge on any atom is -0.497 e. The summed E-state index contributed by atoms with van der Waals surface area (Å²) in [6.07, 6.45) is 1.68. The number of urea groups is 1. The molecule has 2 heterocycles. The molecule has 8 nitrogen and oxygen atoms in total. The summed E-state index contributed by atoms with van der Waals surface area (Å²) in [6.45, 7) is 5.16. The van der Waals surface area contributed by atoms with Crippen LogP contribution in [-0.4, -0.2) is 61.1 Å². The number of rotatable bonds is 8. The molecule has 0 unspecified atom stereocenters. The molecule has 0 fully saturated rings. The second-order valence-corrected chi connectivity index (χ2v) is 7.06. The first-order valence-corrected chi connectivity index (χ1v) is 9.90. The highest BCUT2D eigenvalue weighted by molar-refractivity contribution is 5.98. The molecule has 0 aromatic heterocycles. The predicted molar refractivity (Wildman–Crippen MR) is 106 cm³/mol. The highest BCUT2D eigenvalue weighted by atomic mass is 16.5. The second-order valence-electron chi connectivity index (χ2n) is 7.06. The molecule has 2 aliphatic heterocycles. The van der Waals surface area contributed by atoms with E-state index in [-0.39, 0.29) is 19.1 Å². The van der Waals surface area contributed by atoms with Gasteiger partial charge in [0.25, 0.3) is 0 Å². The summed E-state index contributed by atoms with van der Waals surface area (Å²) < 4.78 is 10.4. The highest BCUT2D eigenvalue weighted by Crippen LogP contribution is 2.35. The van der Waals surface area contributed by atoms with Crippen LogP contribution >= 0.6 is 0 Å². The van der Waals surface area contributed by atoms with Crippen LogP contribution in [0, 0.1) is 0 Å². The predicted octanol–water partition coefficient (Wildman–Crippen LogP) is 2.22. The molecule has 0 saturated carbocycles. The van der Waals surface area contributed by atoms with E-state index in [1.165, 1.54) is 4.90 Å². The highest BCUT2D eigenvalue weighted by Gasteiger charge is 2.43. The van der Waals surface area contributed by atoms with E-state index < -0.39 is 18.0 Å². The normalized spacial score (nSPS) is 18.3. The topological polar surface area (TPSA) is 88.2 Å². The summed E-state index contributed by atoms with van der Waals surface area (Å²) in [7, 11) is 1.57. The maximum absolute atomic E-state index is 12.8. The van der Waals surface area contributed by atoms with Crippen molar-refractivity contribution in [3.05, 3.63) is 41.1 Å². The summed E-state index contributed by atoms with van der Waals surface area (Å²) >= 11 is 0. The van der Waals surface area contributed by atoms with Gasteiger partial charge in [-0.3, -0.25) is 9.69 Å². The SMILES string of the molecule is CCCN(CCC)C(=O)CN1C(=O)N[C@@H](c2ccc(OC)cc2)C2=C1COC2=O. The third-order valence-electron chi connectivity index (χ3n) is 5.08. The average Bonchev–Trinajstić information content (AvgIpc) is 3.11. The second kappa shape index (κ2) is 8.98. The summed E-state index contributed by atoms with van der Waals surface area (Å²) in [5.74, 6) is 0.0634. The maximum Gasteiger partial charge on any atom is 0.338 e. The Morgan fingerprint density at radius 2 is 1.86 bits per heavy atom. The Hall–Kier alpha value is -3.03. The van der Waals surface area contributed by atoms with Crippen molar-refractivity contribution in [2.45, 2.75) is 32.7 Å². The lowest BCUT2D eigenvalue weighted by atomic mass is 9.95. The van der Waals surface area contributed by atoms with Crippen LogP contribution in [0.2, 0.25) is 0 Å². The Balaban J connectivity index is 1.88. The molecular formula is C21H27N3O5. The summed E-state index contributed by atoms with van der Waals surface area (Å²) in [5.41, 5.74) is 1.58. The van der Waals surface area contributed by atoms with Crippen LogP contribution in [0.25, 0.3) is 0 Å². The lowest BCUT2D eigenvalue weighted by molar-refractivity contribution is -0.136. The molecular weight excluding hydrogens is 374 g/mol. The Morgan fingerprint density at radius 3 is 2.45 bits per heavy atom. The van der Waals surface area contributed by atoms with E-state index in [0.717, 1.165) is 18.4 Å². The minimum absolute atomic E-state index is 0.0108. The maximum atomic E-state index is 12.8. The molecule has 1 aromatic carbocycles. The number of hydrogen-bond acceptors (Lipinski definition) is 5. The van der Waals surface area contributed by atoms with Gasteiger partial charge in [-0.1, -0.05) is 26.0 Å². The van der Waals surface area contributed by atoms with E-state index in [0.29, 0.717) is 30.1 Å². The quantitative estimate of drug-likeness (QED) is 0.675. The first-order chi connectivity index (χ1) is 14.0. The van der Waals surface area contributed by atoms with Crippen LogP contribution in [0.3, 0.4) is 0 Å². The fraction of sp³-hybridized carbons (Fsp3) is 0.476. The van der Waals surface area contributed by atoms with E-state index in [1.54, 1.807) is 36.3 Å². The van der Waals surface area contributed by atoms with Crippen LogP contribution in [0.15, 0.2) is 35.5 Å². The molecule has 0 saturated heterocycles. The molecule has 1 N–H and O–H groups in total. The number of carbonyl (C=O) groups excluding carboxylic acids is 3. The summed E-state index contributed by atoms with van der Waals surface area (Å²) in [4.78, 5) is 41.1. The van der Waals surface area contributed by atoms with Crippen LogP contribution in [-0.2, 0) is 14.3 Å². The van der Waals surface area contributed by atoms with Gasteiger partial charge in [0.1, 0.15) is 18.9 Å². The van der Waals surface area contributed by atoms with E-state index in [9.17, 15) is 14.4 Å². The van der Waals surface area contributed by atoms with Crippen LogP contribution in [0.1, 0.15) is 38.3 Å². The van der Waals surface area contributed by atoms with E-state index in [1.807, 2.05) is 13.8 Å². The van der Waals surface area contributed by atoms with Gasteiger partial charge in [-0.15, -0.1) is 0 Å². The standard InChI is InChI=1S/C21H27N3O5/c1-4-10-23(11-5-2)17(25)12-24-16-13-29-20(26)18(16)19(22-21(24)27)14-6-8-15(28-3)9-7-14/h6-9,19H,4-5,10-13H2,1-3H3,(H,22,27)/t19-/m0/s1. The van der Waals surface area contributed by atoms with Gasteiger partial charge in [0.15, 0.2) is 0 Å². The first kappa shape index (κ1) is 20.7. The van der Waals surface area contributed by atoms with Gasteiger partial charge < -0.3 is 19.7 Å². The smallest absolute Gasteiger partial charge is 0.338 e. The average molecular weight is 401 g/mol. The van der Waals surface area contributed by atoms with Crippen molar-refractivity contribution < 1.29 is 23.9 Å². The van der Waals surface area contributed by atoms with Crippen LogP contribution in [0.4, 0.5) is 4.79 Å². The molecule has 3 amide bonds. The van der Waals surface area contributed by atoms with Crippen LogP contribution in [0.5, 0.6) is 5.75 Å². The van der Waals surface area contributed by atoms with Crippen molar-refractivity contribution in [2.75, 3.05) is 33.4 Å². The molecule has 2 aliphatic rings. The van der Waals surface area contributed by atoms with Crippen molar-refractivity contribution in [3.63, 3.8) is 0 Å². The molecule has 0 aliphatic carbocycles.